The van der Waals surface area contributed by atoms with E-state index in [1.807, 2.05) is 0 Å². The number of phenolic OH excluding ortho intramolecular Hbond substituents is 2. The lowest BCUT2D eigenvalue weighted by Gasteiger charge is -2.07. The SMILES string of the molecule is COc1cc(/C=C(\C#N)C(=O)Nc2ccccc2O)ccc1O. The fraction of sp³-hybridized carbons (Fsp3) is 0.0588. The van der Waals surface area contributed by atoms with Crippen molar-refractivity contribution in [2.24, 2.45) is 0 Å². The van der Waals surface area contributed by atoms with Gasteiger partial charge in [0.25, 0.3) is 5.91 Å². The van der Waals surface area contributed by atoms with Gasteiger partial charge in [0, 0.05) is 0 Å². The van der Waals surface area contributed by atoms with Crippen LogP contribution in [0, 0.1) is 11.3 Å². The number of methoxy groups -OCH3 is 1. The van der Waals surface area contributed by atoms with Crippen molar-refractivity contribution in [3.8, 4) is 23.3 Å². The number of carbonyl (C=O) groups is 1. The molecular weight excluding hydrogens is 296 g/mol. The van der Waals surface area contributed by atoms with E-state index in [4.69, 9.17) is 10.00 Å². The van der Waals surface area contributed by atoms with Gasteiger partial charge in [0.1, 0.15) is 17.4 Å². The summed E-state index contributed by atoms with van der Waals surface area (Å²) in [5.41, 5.74) is 0.576. The molecule has 2 aromatic carbocycles. The van der Waals surface area contributed by atoms with Crippen LogP contribution in [-0.4, -0.2) is 23.2 Å². The van der Waals surface area contributed by atoms with Gasteiger partial charge >= 0.3 is 0 Å². The molecule has 0 aromatic heterocycles. The second kappa shape index (κ2) is 7.00. The molecule has 0 radical (unpaired) electrons. The summed E-state index contributed by atoms with van der Waals surface area (Å²) in [5, 5.41) is 30.8. The van der Waals surface area contributed by atoms with Gasteiger partial charge in [0.05, 0.1) is 12.8 Å². The highest BCUT2D eigenvalue weighted by atomic mass is 16.5. The second-order valence-corrected chi connectivity index (χ2v) is 4.57. The summed E-state index contributed by atoms with van der Waals surface area (Å²) in [6.07, 6.45) is 1.36. The number of phenols is 2. The highest BCUT2D eigenvalue weighted by Crippen LogP contribution is 2.27. The summed E-state index contributed by atoms with van der Waals surface area (Å²) in [4.78, 5) is 12.1. The van der Waals surface area contributed by atoms with Crippen LogP contribution in [0.1, 0.15) is 5.56 Å². The molecule has 0 unspecified atom stereocenters. The van der Waals surface area contributed by atoms with Crippen molar-refractivity contribution in [2.45, 2.75) is 0 Å². The monoisotopic (exact) mass is 310 g/mol. The van der Waals surface area contributed by atoms with E-state index in [0.717, 1.165) is 0 Å². The average molecular weight is 310 g/mol. The predicted octanol–water partition coefficient (Wildman–Crippen LogP) is 2.65. The molecule has 0 aliphatic heterocycles. The smallest absolute Gasteiger partial charge is 0.266 e. The van der Waals surface area contributed by atoms with Gasteiger partial charge in [-0.25, -0.2) is 0 Å². The van der Waals surface area contributed by atoms with Crippen LogP contribution in [0.3, 0.4) is 0 Å². The van der Waals surface area contributed by atoms with Gasteiger partial charge < -0.3 is 20.3 Å². The summed E-state index contributed by atoms with van der Waals surface area (Å²) in [5.74, 6) is -0.551. The van der Waals surface area contributed by atoms with Crippen molar-refractivity contribution in [1.82, 2.24) is 0 Å². The first-order valence-electron chi connectivity index (χ1n) is 6.63. The van der Waals surface area contributed by atoms with Crippen molar-refractivity contribution in [3.63, 3.8) is 0 Å². The number of benzene rings is 2. The minimum Gasteiger partial charge on any atom is -0.506 e. The zero-order valence-electron chi connectivity index (χ0n) is 12.3. The number of hydrogen-bond acceptors (Lipinski definition) is 5. The summed E-state index contributed by atoms with van der Waals surface area (Å²) in [7, 11) is 1.40. The Kier molecular flexibility index (Phi) is 4.85. The summed E-state index contributed by atoms with van der Waals surface area (Å²) < 4.78 is 4.98. The second-order valence-electron chi connectivity index (χ2n) is 4.57. The normalized spacial score (nSPS) is 10.7. The molecule has 0 saturated heterocycles. The summed E-state index contributed by atoms with van der Waals surface area (Å²) in [6, 6.07) is 12.5. The zero-order chi connectivity index (χ0) is 16.8. The van der Waals surface area contributed by atoms with E-state index in [9.17, 15) is 15.0 Å². The Bertz CT molecular complexity index is 806. The number of nitrogens with zero attached hydrogens (tertiary/aromatic N) is 1. The number of nitriles is 1. The molecule has 23 heavy (non-hydrogen) atoms. The minimum atomic E-state index is -0.652. The van der Waals surface area contributed by atoms with Gasteiger partial charge in [-0.15, -0.1) is 0 Å². The molecule has 2 aromatic rings. The van der Waals surface area contributed by atoms with Crippen molar-refractivity contribution in [2.75, 3.05) is 12.4 Å². The van der Waals surface area contributed by atoms with E-state index in [0.29, 0.717) is 5.56 Å². The Morgan fingerprint density at radius 1 is 1.22 bits per heavy atom. The maximum atomic E-state index is 12.1. The Labute approximate surface area is 132 Å². The number of carbonyl (C=O) groups excluding carboxylic acids is 1. The molecule has 3 N–H and O–H groups in total. The average Bonchev–Trinajstić information content (AvgIpc) is 2.56. The first kappa shape index (κ1) is 15.9. The first-order valence-corrected chi connectivity index (χ1v) is 6.63. The van der Waals surface area contributed by atoms with Crippen LogP contribution >= 0.6 is 0 Å². The molecule has 116 valence electrons. The van der Waals surface area contributed by atoms with Crippen LogP contribution in [0.4, 0.5) is 5.69 Å². The molecule has 0 aliphatic carbocycles. The summed E-state index contributed by atoms with van der Waals surface area (Å²) in [6.45, 7) is 0. The fourth-order valence-electron chi connectivity index (χ4n) is 1.87. The fourth-order valence-corrected chi connectivity index (χ4v) is 1.87. The quantitative estimate of drug-likeness (QED) is 0.457. The number of hydrogen-bond donors (Lipinski definition) is 3. The van der Waals surface area contributed by atoms with E-state index in [2.05, 4.69) is 5.32 Å². The highest BCUT2D eigenvalue weighted by Gasteiger charge is 2.12. The number of ether oxygens (including phenoxy) is 1. The van der Waals surface area contributed by atoms with Crippen LogP contribution < -0.4 is 10.1 Å². The van der Waals surface area contributed by atoms with Gasteiger partial charge in [-0.3, -0.25) is 4.79 Å². The number of anilines is 1. The lowest BCUT2D eigenvalue weighted by molar-refractivity contribution is -0.112. The van der Waals surface area contributed by atoms with Crippen molar-refractivity contribution in [3.05, 3.63) is 53.6 Å². The molecular formula is C17H14N2O4. The van der Waals surface area contributed by atoms with Crippen molar-refractivity contribution < 1.29 is 19.7 Å². The number of aromatic hydroxyl groups is 2. The maximum absolute atomic E-state index is 12.1. The van der Waals surface area contributed by atoms with Crippen molar-refractivity contribution in [1.29, 1.82) is 5.26 Å². The highest BCUT2D eigenvalue weighted by molar-refractivity contribution is 6.10. The third kappa shape index (κ3) is 3.80. The standard InChI is InChI=1S/C17H14N2O4/c1-23-16-9-11(6-7-15(16)21)8-12(10-18)17(22)19-13-4-2-3-5-14(13)20/h2-9,20-21H,1H3,(H,19,22)/b12-8+. The maximum Gasteiger partial charge on any atom is 0.266 e. The Balaban J connectivity index is 2.27. The lowest BCUT2D eigenvalue weighted by Crippen LogP contribution is -2.13. The number of amides is 1. The van der Waals surface area contributed by atoms with Gasteiger partial charge in [-0.2, -0.15) is 5.26 Å². The molecule has 6 nitrogen and oxygen atoms in total. The Morgan fingerprint density at radius 3 is 2.61 bits per heavy atom. The molecule has 0 bridgehead atoms. The molecule has 0 aliphatic rings. The predicted molar refractivity (Wildman–Crippen MR) is 85.0 cm³/mol. The zero-order valence-corrected chi connectivity index (χ0v) is 12.3. The number of nitrogens with one attached hydrogen (secondary N) is 1. The van der Waals surface area contributed by atoms with E-state index in [-0.39, 0.29) is 28.5 Å². The summed E-state index contributed by atoms with van der Waals surface area (Å²) >= 11 is 0. The van der Waals surface area contributed by atoms with E-state index < -0.39 is 5.91 Å². The lowest BCUT2D eigenvalue weighted by atomic mass is 10.1. The first-order chi connectivity index (χ1) is 11.0. The topological polar surface area (TPSA) is 103 Å². The third-order valence-electron chi connectivity index (χ3n) is 3.03. The molecule has 0 fully saturated rings. The van der Waals surface area contributed by atoms with Crippen LogP contribution in [0.15, 0.2) is 48.0 Å². The van der Waals surface area contributed by atoms with Gasteiger partial charge in [0.15, 0.2) is 11.5 Å². The molecule has 0 saturated carbocycles. The van der Waals surface area contributed by atoms with Gasteiger partial charge in [0.2, 0.25) is 0 Å². The van der Waals surface area contributed by atoms with Crippen LogP contribution in [0.2, 0.25) is 0 Å². The molecule has 0 atom stereocenters. The molecule has 0 spiro atoms. The van der Waals surface area contributed by atoms with E-state index in [1.165, 1.54) is 37.5 Å². The molecule has 1 amide bonds. The number of para-hydroxylation sites is 2. The molecule has 2 rings (SSSR count). The van der Waals surface area contributed by atoms with Crippen molar-refractivity contribution >= 4 is 17.7 Å². The largest absolute Gasteiger partial charge is 0.506 e. The Morgan fingerprint density at radius 2 is 1.96 bits per heavy atom. The Hall–Kier alpha value is -3.46. The van der Waals surface area contributed by atoms with Gasteiger partial charge in [-0.05, 0) is 35.9 Å². The number of rotatable bonds is 4. The van der Waals surface area contributed by atoms with Crippen LogP contribution in [0.5, 0.6) is 17.2 Å². The molecule has 0 heterocycles. The minimum absolute atomic E-state index is 0.0400. The van der Waals surface area contributed by atoms with Crippen LogP contribution in [0.25, 0.3) is 6.08 Å². The molecule has 6 heteroatoms. The van der Waals surface area contributed by atoms with Gasteiger partial charge in [-0.1, -0.05) is 18.2 Å². The van der Waals surface area contributed by atoms with E-state index in [1.54, 1.807) is 24.3 Å². The van der Waals surface area contributed by atoms with Crippen LogP contribution in [-0.2, 0) is 4.79 Å². The van der Waals surface area contributed by atoms with E-state index >= 15 is 0 Å². The third-order valence-corrected chi connectivity index (χ3v) is 3.03.